The van der Waals surface area contributed by atoms with Crippen molar-refractivity contribution in [3.63, 3.8) is 0 Å². The molecule has 0 radical (unpaired) electrons. The molecule has 0 saturated carbocycles. The Balaban J connectivity index is 1.82. The zero-order valence-corrected chi connectivity index (χ0v) is 19.9. The Labute approximate surface area is 212 Å². The number of allylic oxidation sites excluding steroid dienone is 3. The Hall–Kier alpha value is -4.14. The number of nitrogens with one attached hydrogen (secondary N) is 2. The topological polar surface area (TPSA) is 82.0 Å². The first-order valence-corrected chi connectivity index (χ1v) is 11.1. The molecule has 1 unspecified atom stereocenters. The van der Waals surface area contributed by atoms with Crippen molar-refractivity contribution in [2.45, 2.75) is 38.3 Å². The van der Waals surface area contributed by atoms with Gasteiger partial charge in [-0.3, -0.25) is 9.59 Å². The van der Waals surface area contributed by atoms with Crippen molar-refractivity contribution < 1.29 is 40.3 Å². The highest BCUT2D eigenvalue weighted by molar-refractivity contribution is 6.07. The molecule has 2 aromatic carbocycles. The molecule has 1 aliphatic rings. The number of rotatable bonds is 5. The van der Waals surface area contributed by atoms with Crippen LogP contribution in [0.1, 0.15) is 36.2 Å². The third-order valence-corrected chi connectivity index (χ3v) is 5.96. The van der Waals surface area contributed by atoms with E-state index < -0.39 is 47.7 Å². The molecule has 1 aliphatic carbocycles. The molecule has 1 atom stereocenters. The van der Waals surface area contributed by atoms with Crippen LogP contribution in [0.2, 0.25) is 0 Å². The van der Waals surface area contributed by atoms with E-state index >= 15 is 0 Å². The number of halogens is 7. The molecule has 0 saturated heterocycles. The smallest absolute Gasteiger partial charge is 0.322 e. The van der Waals surface area contributed by atoms with E-state index in [2.05, 4.69) is 10.6 Å². The molecule has 5 nitrogen and oxygen atoms in total. The van der Waals surface area contributed by atoms with Crippen molar-refractivity contribution >= 4 is 23.2 Å². The summed E-state index contributed by atoms with van der Waals surface area (Å²) in [5, 5.41) is 14.0. The highest BCUT2D eigenvalue weighted by Gasteiger charge is 2.74. The minimum Gasteiger partial charge on any atom is -0.322 e. The van der Waals surface area contributed by atoms with E-state index in [0.717, 1.165) is 6.92 Å². The first-order chi connectivity index (χ1) is 17.6. The van der Waals surface area contributed by atoms with E-state index in [0.29, 0.717) is 11.6 Å². The van der Waals surface area contributed by atoms with Crippen molar-refractivity contribution in [3.05, 3.63) is 82.5 Å². The van der Waals surface area contributed by atoms with E-state index in [4.69, 9.17) is 5.26 Å². The van der Waals surface area contributed by atoms with E-state index in [1.54, 1.807) is 0 Å². The number of carbonyl (C=O) groups is 2. The van der Waals surface area contributed by atoms with Crippen molar-refractivity contribution in [2.75, 3.05) is 10.6 Å². The lowest BCUT2D eigenvalue weighted by molar-refractivity contribution is -0.327. The quantitative estimate of drug-likeness (QED) is 0.407. The van der Waals surface area contributed by atoms with Gasteiger partial charge in [0.15, 0.2) is 0 Å². The standard InChI is InChI=1S/C26H20F7N3O2/c1-14-10-18(24(27,25(28,29)30)26(31,32)33)11-15(2)21(14)23(38)36-20-5-3-4-19(12-20)35-22(37)17-8-6-16(13-34)7-9-17/h3-10,12,15H,11H2,1-2H3,(H,35,37)(H,36,38). The van der Waals surface area contributed by atoms with E-state index in [-0.39, 0.29) is 28.1 Å². The minimum atomic E-state index is -6.24. The van der Waals surface area contributed by atoms with Crippen molar-refractivity contribution in [3.8, 4) is 6.07 Å². The molecule has 0 aliphatic heterocycles. The molecule has 2 aromatic rings. The number of nitrogens with zero attached hydrogens (tertiary/aromatic N) is 1. The molecule has 200 valence electrons. The van der Waals surface area contributed by atoms with Gasteiger partial charge in [-0.15, -0.1) is 0 Å². The number of benzene rings is 2. The fourth-order valence-electron chi connectivity index (χ4n) is 4.16. The second-order valence-corrected chi connectivity index (χ2v) is 8.70. The van der Waals surface area contributed by atoms with Gasteiger partial charge in [-0.2, -0.15) is 31.6 Å². The molecular weight excluding hydrogens is 519 g/mol. The lowest BCUT2D eigenvalue weighted by Gasteiger charge is -2.35. The summed E-state index contributed by atoms with van der Waals surface area (Å²) in [5.41, 5.74) is -6.32. The average Bonchev–Trinajstić information content (AvgIpc) is 2.81. The summed E-state index contributed by atoms with van der Waals surface area (Å²) in [6.07, 6.45) is -13.0. The number of hydrogen-bond donors (Lipinski definition) is 2. The van der Waals surface area contributed by atoms with E-state index in [1.165, 1.54) is 55.5 Å². The summed E-state index contributed by atoms with van der Waals surface area (Å²) in [5.74, 6) is -2.46. The number of nitriles is 1. The van der Waals surface area contributed by atoms with Gasteiger partial charge >= 0.3 is 18.0 Å². The van der Waals surface area contributed by atoms with Crippen molar-refractivity contribution in [2.24, 2.45) is 5.92 Å². The Bertz CT molecular complexity index is 1340. The summed E-state index contributed by atoms with van der Waals surface area (Å²) in [6.45, 7) is 2.36. The Kier molecular flexibility index (Phi) is 7.72. The normalized spacial score (nSPS) is 16.4. The molecule has 0 spiro atoms. The molecule has 2 amide bonds. The van der Waals surface area contributed by atoms with E-state index in [1.807, 2.05) is 6.07 Å². The minimum absolute atomic E-state index is 0.104. The van der Waals surface area contributed by atoms with Gasteiger partial charge < -0.3 is 10.6 Å². The predicted molar refractivity (Wildman–Crippen MR) is 125 cm³/mol. The van der Waals surface area contributed by atoms with Crippen LogP contribution in [0.3, 0.4) is 0 Å². The van der Waals surface area contributed by atoms with Crippen LogP contribution in [-0.4, -0.2) is 29.8 Å². The van der Waals surface area contributed by atoms with Crippen LogP contribution in [0.5, 0.6) is 0 Å². The molecule has 38 heavy (non-hydrogen) atoms. The Morgan fingerprint density at radius 2 is 1.42 bits per heavy atom. The lowest BCUT2D eigenvalue weighted by atomic mass is 9.77. The maximum absolute atomic E-state index is 14.5. The van der Waals surface area contributed by atoms with Crippen LogP contribution in [0, 0.1) is 17.2 Å². The molecule has 0 bridgehead atoms. The third-order valence-electron chi connectivity index (χ3n) is 5.96. The third kappa shape index (κ3) is 5.56. The number of alkyl halides is 7. The summed E-state index contributed by atoms with van der Waals surface area (Å²) < 4.78 is 93.6. The van der Waals surface area contributed by atoms with Crippen LogP contribution >= 0.6 is 0 Å². The van der Waals surface area contributed by atoms with Gasteiger partial charge in [0.05, 0.1) is 11.6 Å². The van der Waals surface area contributed by atoms with Gasteiger partial charge in [0.1, 0.15) is 0 Å². The van der Waals surface area contributed by atoms with Gasteiger partial charge in [0.2, 0.25) is 0 Å². The number of carbonyl (C=O) groups excluding carboxylic acids is 2. The Morgan fingerprint density at radius 1 is 0.895 bits per heavy atom. The van der Waals surface area contributed by atoms with Crippen LogP contribution < -0.4 is 10.6 Å². The van der Waals surface area contributed by atoms with Crippen molar-refractivity contribution in [1.82, 2.24) is 0 Å². The summed E-state index contributed by atoms with van der Waals surface area (Å²) >= 11 is 0. The molecule has 0 heterocycles. The SMILES string of the molecule is CC1=C(C(=O)Nc2cccc(NC(=O)c3ccc(C#N)cc3)c2)C(C)CC(C(F)(C(F)(F)F)C(F)(F)F)=C1. The maximum Gasteiger partial charge on any atom is 0.435 e. The second kappa shape index (κ2) is 10.3. The number of anilines is 2. The molecular formula is C26H20F7N3O2. The van der Waals surface area contributed by atoms with Gasteiger partial charge in [-0.25, -0.2) is 4.39 Å². The maximum atomic E-state index is 14.5. The number of hydrogen-bond acceptors (Lipinski definition) is 3. The fourth-order valence-corrected chi connectivity index (χ4v) is 4.16. The predicted octanol–water partition coefficient (Wildman–Crippen LogP) is 6.86. The number of amides is 2. The van der Waals surface area contributed by atoms with Gasteiger partial charge in [0.25, 0.3) is 11.8 Å². The molecule has 2 N–H and O–H groups in total. The van der Waals surface area contributed by atoms with Crippen LogP contribution in [0.15, 0.2) is 71.3 Å². The molecule has 0 aromatic heterocycles. The molecule has 3 rings (SSSR count). The van der Waals surface area contributed by atoms with Gasteiger partial charge in [0, 0.05) is 22.5 Å². The molecule has 12 heteroatoms. The van der Waals surface area contributed by atoms with E-state index in [9.17, 15) is 40.3 Å². The monoisotopic (exact) mass is 539 g/mol. The average molecular weight is 539 g/mol. The van der Waals surface area contributed by atoms with Crippen LogP contribution in [-0.2, 0) is 4.79 Å². The fraction of sp³-hybridized carbons (Fsp3) is 0.269. The summed E-state index contributed by atoms with van der Waals surface area (Å²) in [7, 11) is 0. The zero-order chi connectivity index (χ0) is 28.5. The zero-order valence-electron chi connectivity index (χ0n) is 19.9. The first kappa shape index (κ1) is 28.4. The van der Waals surface area contributed by atoms with Crippen LogP contribution in [0.25, 0.3) is 0 Å². The van der Waals surface area contributed by atoms with Gasteiger partial charge in [-0.1, -0.05) is 19.1 Å². The summed E-state index contributed by atoms with van der Waals surface area (Å²) in [6, 6.07) is 13.6. The molecule has 0 fully saturated rings. The Morgan fingerprint density at radius 3 is 1.89 bits per heavy atom. The first-order valence-electron chi connectivity index (χ1n) is 11.1. The highest BCUT2D eigenvalue weighted by Crippen LogP contribution is 2.53. The second-order valence-electron chi connectivity index (χ2n) is 8.70. The highest BCUT2D eigenvalue weighted by atomic mass is 19.4. The van der Waals surface area contributed by atoms with Crippen LogP contribution in [0.4, 0.5) is 42.1 Å². The summed E-state index contributed by atoms with van der Waals surface area (Å²) in [4.78, 5) is 25.4. The lowest BCUT2D eigenvalue weighted by Crippen LogP contribution is -2.55. The van der Waals surface area contributed by atoms with Crippen molar-refractivity contribution in [1.29, 1.82) is 5.26 Å². The van der Waals surface area contributed by atoms with Gasteiger partial charge in [-0.05, 0) is 72.9 Å². The largest absolute Gasteiger partial charge is 0.435 e.